The molecule has 0 aliphatic carbocycles. The van der Waals surface area contributed by atoms with Gasteiger partial charge < -0.3 is 9.30 Å². The zero-order valence-electron chi connectivity index (χ0n) is 18.5. The zero-order chi connectivity index (χ0) is 21.8. The van der Waals surface area contributed by atoms with Crippen molar-refractivity contribution >= 4 is 0 Å². The second kappa shape index (κ2) is 9.01. The van der Waals surface area contributed by atoms with E-state index in [0.717, 1.165) is 17.9 Å². The Morgan fingerprint density at radius 2 is 1.44 bits per heavy atom. The summed E-state index contributed by atoms with van der Waals surface area (Å²) < 4.78 is 7.65. The van der Waals surface area contributed by atoms with Crippen LogP contribution in [-0.4, -0.2) is 34.7 Å². The SMILES string of the molecule is COc1ccc(C(c2ccccc2)(c2ccc(CN3CCCC3)cc2)n2ccnc2)cc1. The van der Waals surface area contributed by atoms with Crippen LogP contribution in [0.4, 0.5) is 0 Å². The summed E-state index contributed by atoms with van der Waals surface area (Å²) in [5.41, 5.74) is 4.39. The van der Waals surface area contributed by atoms with Gasteiger partial charge in [0.05, 0.1) is 13.4 Å². The lowest BCUT2D eigenvalue weighted by Gasteiger charge is -2.37. The second-order valence-corrected chi connectivity index (χ2v) is 8.46. The van der Waals surface area contributed by atoms with Gasteiger partial charge in [-0.1, -0.05) is 66.7 Å². The van der Waals surface area contributed by atoms with Crippen molar-refractivity contribution in [3.05, 3.63) is 120 Å². The molecule has 0 amide bonds. The van der Waals surface area contributed by atoms with Crippen LogP contribution in [0.2, 0.25) is 0 Å². The summed E-state index contributed by atoms with van der Waals surface area (Å²) >= 11 is 0. The molecule has 1 aromatic heterocycles. The second-order valence-electron chi connectivity index (χ2n) is 8.46. The lowest BCUT2D eigenvalue weighted by Crippen LogP contribution is -2.37. The van der Waals surface area contributed by atoms with E-state index >= 15 is 0 Å². The Morgan fingerprint density at radius 1 is 0.812 bits per heavy atom. The molecule has 32 heavy (non-hydrogen) atoms. The smallest absolute Gasteiger partial charge is 0.121 e. The van der Waals surface area contributed by atoms with Gasteiger partial charge in [0.15, 0.2) is 0 Å². The lowest BCUT2D eigenvalue weighted by atomic mass is 9.76. The minimum Gasteiger partial charge on any atom is -0.497 e. The first kappa shape index (κ1) is 20.5. The van der Waals surface area contributed by atoms with E-state index in [1.807, 2.05) is 24.7 Å². The lowest BCUT2D eigenvalue weighted by molar-refractivity contribution is 0.331. The fourth-order valence-electron chi connectivity index (χ4n) is 4.97. The molecule has 4 nitrogen and oxygen atoms in total. The molecule has 0 spiro atoms. The van der Waals surface area contributed by atoms with Crippen LogP contribution in [-0.2, 0) is 12.1 Å². The molecular weight excluding hydrogens is 394 g/mol. The molecule has 2 heterocycles. The highest BCUT2D eigenvalue weighted by atomic mass is 16.5. The van der Waals surface area contributed by atoms with E-state index in [4.69, 9.17) is 4.74 Å². The zero-order valence-corrected chi connectivity index (χ0v) is 18.5. The number of aromatic nitrogens is 2. The summed E-state index contributed by atoms with van der Waals surface area (Å²) in [7, 11) is 1.70. The fourth-order valence-corrected chi connectivity index (χ4v) is 4.97. The Hall–Kier alpha value is -3.37. The van der Waals surface area contributed by atoms with Gasteiger partial charge in [-0.05, 0) is 60.3 Å². The highest BCUT2D eigenvalue weighted by molar-refractivity contribution is 5.52. The van der Waals surface area contributed by atoms with Crippen molar-refractivity contribution in [2.75, 3.05) is 20.2 Å². The number of hydrogen-bond donors (Lipinski definition) is 0. The maximum absolute atomic E-state index is 5.44. The molecule has 4 aromatic rings. The molecule has 3 aromatic carbocycles. The van der Waals surface area contributed by atoms with E-state index in [-0.39, 0.29) is 0 Å². The van der Waals surface area contributed by atoms with Crippen LogP contribution < -0.4 is 4.74 Å². The Labute approximate surface area is 190 Å². The van der Waals surface area contributed by atoms with Crippen molar-refractivity contribution in [2.24, 2.45) is 0 Å². The van der Waals surface area contributed by atoms with Crippen LogP contribution in [0.15, 0.2) is 97.6 Å². The van der Waals surface area contributed by atoms with Crippen LogP contribution in [0.1, 0.15) is 35.1 Å². The van der Waals surface area contributed by atoms with Crippen LogP contribution in [0.25, 0.3) is 0 Å². The quantitative estimate of drug-likeness (QED) is 0.377. The number of rotatable bonds is 7. The summed E-state index contributed by atoms with van der Waals surface area (Å²) in [5.74, 6) is 0.849. The molecule has 0 radical (unpaired) electrons. The molecular formula is C28H29N3O. The highest BCUT2D eigenvalue weighted by Crippen LogP contribution is 2.41. The van der Waals surface area contributed by atoms with Crippen LogP contribution >= 0.6 is 0 Å². The van der Waals surface area contributed by atoms with Crippen molar-refractivity contribution in [3.63, 3.8) is 0 Å². The first-order valence-corrected chi connectivity index (χ1v) is 11.3. The van der Waals surface area contributed by atoms with E-state index < -0.39 is 5.54 Å². The van der Waals surface area contributed by atoms with Crippen LogP contribution in [0.5, 0.6) is 5.75 Å². The number of ether oxygens (including phenoxy) is 1. The van der Waals surface area contributed by atoms with Gasteiger partial charge in [-0.3, -0.25) is 4.90 Å². The molecule has 162 valence electrons. The van der Waals surface area contributed by atoms with Crippen molar-refractivity contribution in [1.29, 1.82) is 0 Å². The standard InChI is InChI=1S/C28H29N3O/c1-32-27-15-13-26(14-16-27)28(31-20-17-29-22-31,24-7-3-2-4-8-24)25-11-9-23(10-12-25)21-30-18-5-6-19-30/h2-4,7-17,20,22H,5-6,18-19,21H2,1H3. The summed E-state index contributed by atoms with van der Waals surface area (Å²) in [6.45, 7) is 3.43. The van der Waals surface area contributed by atoms with Crippen molar-refractivity contribution in [3.8, 4) is 5.75 Å². The van der Waals surface area contributed by atoms with Crippen molar-refractivity contribution in [2.45, 2.75) is 24.9 Å². The number of nitrogens with zero attached hydrogens (tertiary/aromatic N) is 3. The van der Waals surface area contributed by atoms with Gasteiger partial charge in [0.2, 0.25) is 0 Å². The van der Waals surface area contributed by atoms with Gasteiger partial charge in [0, 0.05) is 18.9 Å². The average Bonchev–Trinajstić information content (AvgIpc) is 3.57. The fraction of sp³-hybridized carbons (Fsp3) is 0.250. The van der Waals surface area contributed by atoms with Crippen LogP contribution in [0.3, 0.4) is 0 Å². The third kappa shape index (κ3) is 3.71. The van der Waals surface area contributed by atoms with Crippen molar-refractivity contribution < 1.29 is 4.74 Å². The van der Waals surface area contributed by atoms with Gasteiger partial charge in [0.1, 0.15) is 11.3 Å². The molecule has 1 saturated heterocycles. The van der Waals surface area contributed by atoms with E-state index in [9.17, 15) is 0 Å². The molecule has 1 aliphatic heterocycles. The minimum atomic E-state index is -0.532. The van der Waals surface area contributed by atoms with E-state index in [1.54, 1.807) is 7.11 Å². The van der Waals surface area contributed by atoms with E-state index in [2.05, 4.69) is 87.4 Å². The number of benzene rings is 3. The number of hydrogen-bond acceptors (Lipinski definition) is 3. The van der Waals surface area contributed by atoms with Gasteiger partial charge in [-0.15, -0.1) is 0 Å². The van der Waals surface area contributed by atoms with E-state index in [1.165, 1.54) is 42.6 Å². The Bertz CT molecular complexity index is 1120. The van der Waals surface area contributed by atoms with Crippen LogP contribution in [0, 0.1) is 0 Å². The third-order valence-corrected chi connectivity index (χ3v) is 6.57. The van der Waals surface area contributed by atoms with Crippen molar-refractivity contribution in [1.82, 2.24) is 14.5 Å². The van der Waals surface area contributed by atoms with Gasteiger partial charge >= 0.3 is 0 Å². The number of imidazole rings is 1. The molecule has 0 saturated carbocycles. The molecule has 1 fully saturated rings. The third-order valence-electron chi connectivity index (χ3n) is 6.57. The largest absolute Gasteiger partial charge is 0.497 e. The Balaban J connectivity index is 1.66. The van der Waals surface area contributed by atoms with Gasteiger partial charge in [-0.2, -0.15) is 0 Å². The topological polar surface area (TPSA) is 30.3 Å². The van der Waals surface area contributed by atoms with Gasteiger partial charge in [0.25, 0.3) is 0 Å². The monoisotopic (exact) mass is 423 g/mol. The summed E-state index contributed by atoms with van der Waals surface area (Å²) in [4.78, 5) is 6.96. The molecule has 1 unspecified atom stereocenters. The maximum atomic E-state index is 5.44. The predicted octanol–water partition coefficient (Wildman–Crippen LogP) is 5.33. The predicted molar refractivity (Wildman–Crippen MR) is 128 cm³/mol. The normalized spacial score (nSPS) is 16.0. The Morgan fingerprint density at radius 3 is 2.03 bits per heavy atom. The molecule has 1 aliphatic rings. The summed E-state index contributed by atoms with van der Waals surface area (Å²) in [6, 6.07) is 28.2. The van der Waals surface area contributed by atoms with E-state index in [0.29, 0.717) is 0 Å². The molecule has 0 N–H and O–H groups in total. The summed E-state index contributed by atoms with van der Waals surface area (Å²) in [6.07, 6.45) is 8.44. The molecule has 0 bridgehead atoms. The van der Waals surface area contributed by atoms with Gasteiger partial charge in [-0.25, -0.2) is 4.98 Å². The molecule has 4 heteroatoms. The highest BCUT2D eigenvalue weighted by Gasteiger charge is 2.38. The Kier molecular flexibility index (Phi) is 5.78. The first-order valence-electron chi connectivity index (χ1n) is 11.3. The maximum Gasteiger partial charge on any atom is 0.121 e. The number of likely N-dealkylation sites (tertiary alicyclic amines) is 1. The molecule has 1 atom stereocenters. The first-order chi connectivity index (χ1) is 15.8. The minimum absolute atomic E-state index is 0.532. The molecule has 5 rings (SSSR count). The number of methoxy groups -OCH3 is 1. The average molecular weight is 424 g/mol. The summed E-state index contributed by atoms with van der Waals surface area (Å²) in [5, 5.41) is 0.